The summed E-state index contributed by atoms with van der Waals surface area (Å²) in [6.07, 6.45) is 3.00. The van der Waals surface area contributed by atoms with Crippen molar-refractivity contribution >= 4 is 11.9 Å². The molecule has 0 aliphatic heterocycles. The standard InChI is InChI=1S/C13H16N2O3/c1-2-8-4-3-5-14-11(8)7-15-12(16)9-6-10(9)13(17)18/h3-5,9-10H,2,6-7H2,1H3,(H,15,16)(H,17,18)/t9-,10+/m1/s1. The average Bonchev–Trinajstić information content (AvgIpc) is 3.16. The van der Waals surface area contributed by atoms with Crippen molar-refractivity contribution in [2.24, 2.45) is 11.8 Å². The number of carbonyl (C=O) groups excluding carboxylic acids is 1. The van der Waals surface area contributed by atoms with Gasteiger partial charge in [-0.3, -0.25) is 14.6 Å². The van der Waals surface area contributed by atoms with Crippen LogP contribution in [-0.4, -0.2) is 22.0 Å². The van der Waals surface area contributed by atoms with Gasteiger partial charge in [0, 0.05) is 6.20 Å². The molecule has 2 rings (SSSR count). The van der Waals surface area contributed by atoms with E-state index in [-0.39, 0.29) is 11.8 Å². The molecule has 0 unspecified atom stereocenters. The molecular weight excluding hydrogens is 232 g/mol. The first-order chi connectivity index (χ1) is 8.63. The summed E-state index contributed by atoms with van der Waals surface area (Å²) in [4.78, 5) is 26.6. The Bertz CT molecular complexity index is 473. The highest BCUT2D eigenvalue weighted by atomic mass is 16.4. The van der Waals surface area contributed by atoms with Crippen LogP contribution in [0.1, 0.15) is 24.6 Å². The van der Waals surface area contributed by atoms with E-state index in [2.05, 4.69) is 10.3 Å². The molecule has 5 heteroatoms. The molecule has 1 fully saturated rings. The molecule has 96 valence electrons. The van der Waals surface area contributed by atoms with Gasteiger partial charge in [-0.1, -0.05) is 13.0 Å². The zero-order chi connectivity index (χ0) is 13.1. The Balaban J connectivity index is 1.89. The highest BCUT2D eigenvalue weighted by Gasteiger charge is 2.48. The fourth-order valence-electron chi connectivity index (χ4n) is 2.01. The van der Waals surface area contributed by atoms with Gasteiger partial charge in [0.05, 0.1) is 24.1 Å². The number of carboxylic acid groups (broad SMARTS) is 1. The number of nitrogens with one attached hydrogen (secondary N) is 1. The SMILES string of the molecule is CCc1cccnc1CNC(=O)[C@@H]1C[C@@H]1C(=O)O. The molecule has 1 saturated carbocycles. The lowest BCUT2D eigenvalue weighted by molar-refractivity contribution is -0.140. The minimum atomic E-state index is -0.887. The van der Waals surface area contributed by atoms with E-state index in [9.17, 15) is 9.59 Å². The molecule has 1 aromatic heterocycles. The number of pyridine rings is 1. The molecule has 0 spiro atoms. The predicted octanol–water partition coefficient (Wildman–Crippen LogP) is 0.981. The van der Waals surface area contributed by atoms with Crippen molar-refractivity contribution in [3.05, 3.63) is 29.6 Å². The number of aliphatic carboxylic acids is 1. The minimum Gasteiger partial charge on any atom is -0.481 e. The van der Waals surface area contributed by atoms with Crippen LogP contribution in [-0.2, 0) is 22.6 Å². The summed E-state index contributed by atoms with van der Waals surface area (Å²) in [5.74, 6) is -1.94. The van der Waals surface area contributed by atoms with Gasteiger partial charge in [0.2, 0.25) is 5.91 Å². The quantitative estimate of drug-likeness (QED) is 0.814. The first-order valence-electron chi connectivity index (χ1n) is 6.06. The number of rotatable bonds is 5. The van der Waals surface area contributed by atoms with E-state index in [1.54, 1.807) is 6.20 Å². The fourth-order valence-corrected chi connectivity index (χ4v) is 2.01. The van der Waals surface area contributed by atoms with Gasteiger partial charge in [0.25, 0.3) is 0 Å². The molecular formula is C13H16N2O3. The second-order valence-corrected chi connectivity index (χ2v) is 4.47. The third kappa shape index (κ3) is 2.67. The summed E-state index contributed by atoms with van der Waals surface area (Å²) in [6.45, 7) is 2.40. The number of hydrogen-bond acceptors (Lipinski definition) is 3. The van der Waals surface area contributed by atoms with Crippen LogP contribution in [0.5, 0.6) is 0 Å². The normalized spacial score (nSPS) is 21.4. The van der Waals surface area contributed by atoms with Gasteiger partial charge in [-0.15, -0.1) is 0 Å². The van der Waals surface area contributed by atoms with Crippen molar-refractivity contribution in [3.63, 3.8) is 0 Å². The van der Waals surface area contributed by atoms with E-state index < -0.39 is 11.9 Å². The maximum absolute atomic E-state index is 11.7. The zero-order valence-corrected chi connectivity index (χ0v) is 10.2. The van der Waals surface area contributed by atoms with Crippen molar-refractivity contribution in [2.45, 2.75) is 26.3 Å². The Kier molecular flexibility index (Phi) is 3.60. The second kappa shape index (κ2) is 5.16. The van der Waals surface area contributed by atoms with E-state index >= 15 is 0 Å². The van der Waals surface area contributed by atoms with Crippen molar-refractivity contribution in [1.82, 2.24) is 10.3 Å². The molecule has 0 radical (unpaired) electrons. The molecule has 18 heavy (non-hydrogen) atoms. The molecule has 1 heterocycles. The monoisotopic (exact) mass is 248 g/mol. The van der Waals surface area contributed by atoms with Crippen molar-refractivity contribution in [1.29, 1.82) is 0 Å². The Hall–Kier alpha value is -1.91. The number of carboxylic acids is 1. The first kappa shape index (κ1) is 12.5. The average molecular weight is 248 g/mol. The molecule has 1 amide bonds. The summed E-state index contributed by atoms with van der Waals surface area (Å²) < 4.78 is 0. The number of aromatic nitrogens is 1. The maximum Gasteiger partial charge on any atom is 0.307 e. The van der Waals surface area contributed by atoms with Gasteiger partial charge < -0.3 is 10.4 Å². The smallest absolute Gasteiger partial charge is 0.307 e. The molecule has 0 saturated heterocycles. The Morgan fingerprint density at radius 3 is 2.89 bits per heavy atom. The van der Waals surface area contributed by atoms with Crippen LogP contribution in [0.2, 0.25) is 0 Å². The summed E-state index contributed by atoms with van der Waals surface area (Å²) >= 11 is 0. The molecule has 2 N–H and O–H groups in total. The van der Waals surface area contributed by atoms with E-state index in [1.165, 1.54) is 0 Å². The molecule has 1 aliphatic rings. The highest BCUT2D eigenvalue weighted by molar-refractivity contribution is 5.89. The van der Waals surface area contributed by atoms with Gasteiger partial charge in [0.15, 0.2) is 0 Å². The van der Waals surface area contributed by atoms with Crippen molar-refractivity contribution in [2.75, 3.05) is 0 Å². The summed E-state index contributed by atoms with van der Waals surface area (Å²) in [6, 6.07) is 3.84. The third-order valence-corrected chi connectivity index (χ3v) is 3.24. The van der Waals surface area contributed by atoms with Crippen LogP contribution < -0.4 is 5.32 Å². The van der Waals surface area contributed by atoms with Gasteiger partial charge in [-0.25, -0.2) is 0 Å². The largest absolute Gasteiger partial charge is 0.481 e. The maximum atomic E-state index is 11.7. The number of carbonyl (C=O) groups is 2. The lowest BCUT2D eigenvalue weighted by atomic mass is 10.1. The van der Waals surface area contributed by atoms with Crippen LogP contribution in [0.25, 0.3) is 0 Å². The number of aryl methyl sites for hydroxylation is 1. The zero-order valence-electron chi connectivity index (χ0n) is 10.2. The lowest BCUT2D eigenvalue weighted by Crippen LogP contribution is -2.26. The number of amides is 1. The highest BCUT2D eigenvalue weighted by Crippen LogP contribution is 2.38. The van der Waals surface area contributed by atoms with E-state index in [1.807, 2.05) is 19.1 Å². The van der Waals surface area contributed by atoms with Crippen LogP contribution >= 0.6 is 0 Å². The second-order valence-electron chi connectivity index (χ2n) is 4.47. The Morgan fingerprint density at radius 1 is 1.50 bits per heavy atom. The summed E-state index contributed by atoms with van der Waals surface area (Å²) in [7, 11) is 0. The minimum absolute atomic E-state index is 0.185. The Labute approximate surface area is 105 Å². The topological polar surface area (TPSA) is 79.3 Å². The molecule has 5 nitrogen and oxygen atoms in total. The Morgan fingerprint density at radius 2 is 2.28 bits per heavy atom. The van der Waals surface area contributed by atoms with Gasteiger partial charge in [-0.05, 0) is 24.5 Å². The molecule has 0 bridgehead atoms. The molecule has 2 atom stereocenters. The first-order valence-corrected chi connectivity index (χ1v) is 6.06. The predicted molar refractivity (Wildman–Crippen MR) is 64.7 cm³/mol. The number of hydrogen-bond donors (Lipinski definition) is 2. The number of nitrogens with zero attached hydrogens (tertiary/aromatic N) is 1. The van der Waals surface area contributed by atoms with E-state index in [0.29, 0.717) is 13.0 Å². The third-order valence-electron chi connectivity index (χ3n) is 3.24. The van der Waals surface area contributed by atoms with Gasteiger partial charge in [0.1, 0.15) is 0 Å². The van der Waals surface area contributed by atoms with Crippen LogP contribution in [0.3, 0.4) is 0 Å². The van der Waals surface area contributed by atoms with Crippen LogP contribution in [0.15, 0.2) is 18.3 Å². The molecule has 0 aromatic carbocycles. The van der Waals surface area contributed by atoms with Crippen LogP contribution in [0.4, 0.5) is 0 Å². The fraction of sp³-hybridized carbons (Fsp3) is 0.462. The van der Waals surface area contributed by atoms with Crippen LogP contribution in [0, 0.1) is 11.8 Å². The van der Waals surface area contributed by atoms with Gasteiger partial charge >= 0.3 is 5.97 Å². The van der Waals surface area contributed by atoms with Gasteiger partial charge in [-0.2, -0.15) is 0 Å². The van der Waals surface area contributed by atoms with Crippen molar-refractivity contribution < 1.29 is 14.7 Å². The summed E-state index contributed by atoms with van der Waals surface area (Å²) in [5, 5.41) is 11.5. The summed E-state index contributed by atoms with van der Waals surface area (Å²) in [5.41, 5.74) is 1.95. The van der Waals surface area contributed by atoms with E-state index in [4.69, 9.17) is 5.11 Å². The molecule has 1 aromatic rings. The van der Waals surface area contributed by atoms with Crippen molar-refractivity contribution in [3.8, 4) is 0 Å². The van der Waals surface area contributed by atoms with E-state index in [0.717, 1.165) is 17.7 Å². The molecule has 1 aliphatic carbocycles. The lowest BCUT2D eigenvalue weighted by Gasteiger charge is -2.07.